The number of nitrogens with one attached hydrogen (secondary N) is 1. The van der Waals surface area contributed by atoms with Crippen LogP contribution in [-0.4, -0.2) is 35.5 Å². The molecule has 1 aromatic heterocycles. The van der Waals surface area contributed by atoms with Crippen LogP contribution in [0.3, 0.4) is 0 Å². The molecular weight excluding hydrogens is 298 g/mol. The quantitative estimate of drug-likeness (QED) is 0.946. The summed E-state index contributed by atoms with van der Waals surface area (Å²) in [4.78, 5) is 18.8. The van der Waals surface area contributed by atoms with Crippen LogP contribution in [0.4, 0.5) is 5.13 Å². The van der Waals surface area contributed by atoms with Crippen LogP contribution in [0.1, 0.15) is 28.5 Å². The first-order valence-electron chi connectivity index (χ1n) is 7.38. The number of anilines is 1. The molecule has 2 aromatic rings. The van der Waals surface area contributed by atoms with Crippen LogP contribution in [0.25, 0.3) is 0 Å². The van der Waals surface area contributed by atoms with E-state index < -0.39 is 0 Å². The van der Waals surface area contributed by atoms with E-state index in [9.17, 15) is 4.79 Å². The summed E-state index contributed by atoms with van der Waals surface area (Å²) in [6, 6.07) is 6.08. The first-order valence-corrected chi connectivity index (χ1v) is 8.26. The van der Waals surface area contributed by atoms with Gasteiger partial charge in [-0.15, -0.1) is 11.3 Å². The van der Waals surface area contributed by atoms with Gasteiger partial charge in [0, 0.05) is 24.0 Å². The number of aromatic nitrogens is 1. The molecule has 0 atom stereocenters. The summed E-state index contributed by atoms with van der Waals surface area (Å²) in [7, 11) is 0. The Morgan fingerprint density at radius 2 is 2.36 bits per heavy atom. The number of hydrogen-bond acceptors (Lipinski definition) is 5. The molecule has 116 valence electrons. The highest BCUT2D eigenvalue weighted by atomic mass is 32.1. The molecule has 1 aromatic carbocycles. The Morgan fingerprint density at radius 1 is 1.50 bits per heavy atom. The summed E-state index contributed by atoms with van der Waals surface area (Å²) < 4.78 is 5.74. The molecule has 5 nitrogen and oxygen atoms in total. The largest absolute Gasteiger partial charge is 0.491 e. The predicted molar refractivity (Wildman–Crippen MR) is 87.7 cm³/mol. The average Bonchev–Trinajstić information content (AvgIpc) is 2.86. The number of hydrogen-bond donors (Lipinski definition) is 1. The van der Waals surface area contributed by atoms with Crippen molar-refractivity contribution in [3.05, 3.63) is 40.4 Å². The minimum atomic E-state index is -0.0432. The van der Waals surface area contributed by atoms with Crippen LogP contribution >= 0.6 is 11.3 Å². The zero-order chi connectivity index (χ0) is 15.5. The molecule has 0 fully saturated rings. The summed E-state index contributed by atoms with van der Waals surface area (Å²) in [6.07, 6.45) is 0. The van der Waals surface area contributed by atoms with Crippen molar-refractivity contribution in [2.45, 2.75) is 20.4 Å². The maximum absolute atomic E-state index is 12.7. The third-order valence-corrected chi connectivity index (χ3v) is 4.33. The lowest BCUT2D eigenvalue weighted by Crippen LogP contribution is -2.32. The highest BCUT2D eigenvalue weighted by Gasteiger charge is 2.23. The minimum Gasteiger partial charge on any atom is -0.491 e. The maximum atomic E-state index is 12.7. The van der Waals surface area contributed by atoms with Gasteiger partial charge < -0.3 is 15.0 Å². The second-order valence-electron chi connectivity index (χ2n) is 5.25. The van der Waals surface area contributed by atoms with Gasteiger partial charge in [-0.3, -0.25) is 4.79 Å². The van der Waals surface area contributed by atoms with Crippen molar-refractivity contribution in [2.24, 2.45) is 0 Å². The van der Waals surface area contributed by atoms with Crippen molar-refractivity contribution in [1.29, 1.82) is 0 Å². The average molecular weight is 317 g/mol. The van der Waals surface area contributed by atoms with Crippen LogP contribution in [0, 0.1) is 6.92 Å². The van der Waals surface area contributed by atoms with E-state index in [1.165, 1.54) is 16.9 Å². The fraction of sp³-hybridized carbons (Fsp3) is 0.375. The van der Waals surface area contributed by atoms with Crippen molar-refractivity contribution in [3.8, 4) is 5.75 Å². The molecule has 6 heteroatoms. The molecule has 0 radical (unpaired) electrons. The fourth-order valence-electron chi connectivity index (χ4n) is 2.46. The Kier molecular flexibility index (Phi) is 4.29. The number of carbonyl (C=O) groups is 1. The van der Waals surface area contributed by atoms with Crippen LogP contribution in [0.5, 0.6) is 5.75 Å². The van der Waals surface area contributed by atoms with Gasteiger partial charge in [-0.25, -0.2) is 4.98 Å². The third-order valence-electron chi connectivity index (χ3n) is 3.53. The molecule has 1 aliphatic rings. The molecule has 0 unspecified atom stereocenters. The molecule has 0 saturated carbocycles. The van der Waals surface area contributed by atoms with Crippen LogP contribution in [0.2, 0.25) is 0 Å². The van der Waals surface area contributed by atoms with Crippen molar-refractivity contribution >= 4 is 22.4 Å². The van der Waals surface area contributed by atoms with Crippen molar-refractivity contribution in [3.63, 3.8) is 0 Å². The summed E-state index contributed by atoms with van der Waals surface area (Å²) in [5.41, 5.74) is 2.71. The standard InChI is InChI=1S/C16H19N3O2S/c1-3-17-16-18-13(10-22-16)15(20)19-6-7-21-14-5-4-11(2)8-12(14)9-19/h4-5,8,10H,3,6-7,9H2,1-2H3,(H,17,18). The van der Waals surface area contributed by atoms with Gasteiger partial charge in [0.25, 0.3) is 5.91 Å². The van der Waals surface area contributed by atoms with Gasteiger partial charge in [0.1, 0.15) is 18.1 Å². The number of ether oxygens (including phenoxy) is 1. The molecule has 1 N–H and O–H groups in total. The number of aryl methyl sites for hydroxylation is 1. The van der Waals surface area contributed by atoms with Crippen molar-refractivity contribution < 1.29 is 9.53 Å². The highest BCUT2D eigenvalue weighted by molar-refractivity contribution is 7.13. The Labute approximate surface area is 133 Å². The molecule has 0 saturated heterocycles. The molecule has 0 aliphatic carbocycles. The summed E-state index contributed by atoms with van der Waals surface area (Å²) in [5.74, 6) is 0.825. The van der Waals surface area contributed by atoms with Crippen LogP contribution in [0.15, 0.2) is 23.6 Å². The Bertz CT molecular complexity index is 684. The van der Waals surface area contributed by atoms with Gasteiger partial charge in [-0.2, -0.15) is 0 Å². The summed E-state index contributed by atoms with van der Waals surface area (Å²) in [6.45, 7) is 6.48. The van der Waals surface area contributed by atoms with Gasteiger partial charge in [0.2, 0.25) is 0 Å². The first kappa shape index (κ1) is 14.8. The van der Waals surface area contributed by atoms with E-state index in [-0.39, 0.29) is 5.91 Å². The SMILES string of the molecule is CCNc1nc(C(=O)N2CCOc3ccc(C)cc3C2)cs1. The summed E-state index contributed by atoms with van der Waals surface area (Å²) >= 11 is 1.46. The lowest BCUT2D eigenvalue weighted by atomic mass is 10.1. The molecule has 1 aliphatic heterocycles. The van der Waals surface area contributed by atoms with Crippen molar-refractivity contribution in [2.75, 3.05) is 25.0 Å². The highest BCUT2D eigenvalue weighted by Crippen LogP contribution is 2.25. The van der Waals surface area contributed by atoms with Crippen LogP contribution < -0.4 is 10.1 Å². The number of amides is 1. The lowest BCUT2D eigenvalue weighted by molar-refractivity contribution is 0.0728. The van der Waals surface area contributed by atoms with Gasteiger partial charge >= 0.3 is 0 Å². The van der Waals surface area contributed by atoms with E-state index in [1.807, 2.05) is 31.4 Å². The topological polar surface area (TPSA) is 54.5 Å². The fourth-order valence-corrected chi connectivity index (χ4v) is 3.22. The molecular formula is C16H19N3O2S. The third kappa shape index (κ3) is 3.06. The van der Waals surface area contributed by atoms with Crippen LogP contribution in [-0.2, 0) is 6.54 Å². The van der Waals surface area contributed by atoms with E-state index in [0.29, 0.717) is 25.4 Å². The summed E-state index contributed by atoms with van der Waals surface area (Å²) in [5, 5.41) is 5.73. The molecule has 0 bridgehead atoms. The Balaban J connectivity index is 1.80. The number of thiazole rings is 1. The number of carbonyl (C=O) groups excluding carboxylic acids is 1. The minimum absolute atomic E-state index is 0.0432. The lowest BCUT2D eigenvalue weighted by Gasteiger charge is -2.18. The molecule has 2 heterocycles. The molecule has 0 spiro atoms. The van der Waals surface area contributed by atoms with Gasteiger partial charge in [-0.05, 0) is 19.9 Å². The number of rotatable bonds is 3. The van der Waals surface area contributed by atoms with Gasteiger partial charge in [0.05, 0.1) is 6.54 Å². The second-order valence-corrected chi connectivity index (χ2v) is 6.11. The molecule has 1 amide bonds. The molecule has 3 rings (SSSR count). The monoisotopic (exact) mass is 317 g/mol. The molecule has 22 heavy (non-hydrogen) atoms. The van der Waals surface area contributed by atoms with E-state index in [2.05, 4.69) is 16.4 Å². The Morgan fingerprint density at radius 3 is 3.18 bits per heavy atom. The van der Waals surface area contributed by atoms with E-state index in [0.717, 1.165) is 23.0 Å². The smallest absolute Gasteiger partial charge is 0.273 e. The first-order chi connectivity index (χ1) is 10.7. The Hall–Kier alpha value is -2.08. The number of benzene rings is 1. The predicted octanol–water partition coefficient (Wildman–Crippen LogP) is 2.92. The van der Waals surface area contributed by atoms with E-state index in [4.69, 9.17) is 4.74 Å². The number of nitrogens with zero attached hydrogens (tertiary/aromatic N) is 2. The second kappa shape index (κ2) is 6.36. The van der Waals surface area contributed by atoms with Gasteiger partial charge in [-0.1, -0.05) is 17.7 Å². The maximum Gasteiger partial charge on any atom is 0.273 e. The van der Waals surface area contributed by atoms with E-state index >= 15 is 0 Å². The zero-order valence-corrected chi connectivity index (χ0v) is 13.6. The van der Waals surface area contributed by atoms with Gasteiger partial charge in [0.15, 0.2) is 5.13 Å². The number of fused-ring (bicyclic) bond motifs is 1. The van der Waals surface area contributed by atoms with E-state index in [1.54, 1.807) is 4.90 Å². The zero-order valence-electron chi connectivity index (χ0n) is 12.8. The van der Waals surface area contributed by atoms with Crippen molar-refractivity contribution in [1.82, 2.24) is 9.88 Å². The normalized spacial score (nSPS) is 14.0.